The zero-order valence-electron chi connectivity index (χ0n) is 13.9. The van der Waals surface area contributed by atoms with Crippen LogP contribution in [0.3, 0.4) is 0 Å². The van der Waals surface area contributed by atoms with Crippen LogP contribution in [0.25, 0.3) is 0 Å². The van der Waals surface area contributed by atoms with Gasteiger partial charge in [-0.3, -0.25) is 14.4 Å². The van der Waals surface area contributed by atoms with Crippen molar-refractivity contribution in [3.05, 3.63) is 0 Å². The van der Waals surface area contributed by atoms with Gasteiger partial charge in [-0.25, -0.2) is 4.79 Å². The lowest BCUT2D eigenvalue weighted by atomic mass is 9.97. The maximum Gasteiger partial charge on any atom is 0.326 e. The number of aliphatic hydroxyl groups excluding tert-OH is 1. The molecule has 0 aliphatic carbocycles. The molecule has 0 aliphatic rings. The highest BCUT2D eigenvalue weighted by atomic mass is 16.4. The van der Waals surface area contributed by atoms with Crippen LogP contribution in [0.15, 0.2) is 0 Å². The number of amides is 2. The summed E-state index contributed by atoms with van der Waals surface area (Å²) in [5.41, 5.74) is 5.50. The normalized spacial score (nSPS) is 17.0. The van der Waals surface area contributed by atoms with Gasteiger partial charge in [0.2, 0.25) is 11.8 Å². The predicted molar refractivity (Wildman–Crippen MR) is 82.9 cm³/mol. The summed E-state index contributed by atoms with van der Waals surface area (Å²) in [6.07, 6.45) is -1.45. The molecule has 5 atom stereocenters. The summed E-state index contributed by atoms with van der Waals surface area (Å²) < 4.78 is 0. The van der Waals surface area contributed by atoms with Crippen LogP contribution in [-0.4, -0.2) is 63.3 Å². The summed E-state index contributed by atoms with van der Waals surface area (Å²) in [4.78, 5) is 45.9. The highest BCUT2D eigenvalue weighted by molar-refractivity contribution is 5.93. The van der Waals surface area contributed by atoms with E-state index < -0.39 is 54.4 Å². The van der Waals surface area contributed by atoms with Crippen molar-refractivity contribution < 1.29 is 34.5 Å². The standard InChI is InChI=1S/C14H25N3O7/c1-4-6(2)11(17-12(21)10(15)7(3)18)13(22)16-8(14(23)24)5-9(19)20/h6-8,10-11,18H,4-5,15H2,1-3H3,(H,16,22)(H,17,21)(H,19,20)(H,23,24)/t6-,7+,8-,10-,11-/m0/s1. The molecule has 0 heterocycles. The van der Waals surface area contributed by atoms with E-state index >= 15 is 0 Å². The second-order valence-electron chi connectivity index (χ2n) is 5.64. The molecular weight excluding hydrogens is 322 g/mol. The van der Waals surface area contributed by atoms with Crippen LogP contribution < -0.4 is 16.4 Å². The number of hydrogen-bond acceptors (Lipinski definition) is 6. The summed E-state index contributed by atoms with van der Waals surface area (Å²) in [6.45, 7) is 4.74. The van der Waals surface area contributed by atoms with E-state index in [1.807, 2.05) is 0 Å². The second kappa shape index (κ2) is 9.83. The summed E-state index contributed by atoms with van der Waals surface area (Å²) >= 11 is 0. The molecule has 0 aromatic rings. The lowest BCUT2D eigenvalue weighted by Crippen LogP contribution is -2.58. The molecule has 0 bridgehead atoms. The van der Waals surface area contributed by atoms with E-state index in [4.69, 9.17) is 15.9 Å². The molecule has 0 unspecified atom stereocenters. The number of aliphatic hydroxyl groups is 1. The molecule has 138 valence electrons. The first-order valence-electron chi connectivity index (χ1n) is 7.50. The smallest absolute Gasteiger partial charge is 0.326 e. The number of carbonyl (C=O) groups is 4. The summed E-state index contributed by atoms with van der Waals surface area (Å²) in [6, 6.07) is -3.98. The molecule has 0 radical (unpaired) electrons. The van der Waals surface area contributed by atoms with Gasteiger partial charge in [0.05, 0.1) is 12.5 Å². The Balaban J connectivity index is 5.16. The number of hydrogen-bond donors (Lipinski definition) is 6. The summed E-state index contributed by atoms with van der Waals surface area (Å²) in [7, 11) is 0. The van der Waals surface area contributed by atoms with Crippen molar-refractivity contribution in [2.24, 2.45) is 11.7 Å². The van der Waals surface area contributed by atoms with E-state index in [0.29, 0.717) is 6.42 Å². The highest BCUT2D eigenvalue weighted by Gasteiger charge is 2.32. The second-order valence-corrected chi connectivity index (χ2v) is 5.64. The van der Waals surface area contributed by atoms with Crippen molar-refractivity contribution in [2.75, 3.05) is 0 Å². The van der Waals surface area contributed by atoms with Crippen molar-refractivity contribution in [3.63, 3.8) is 0 Å². The third-order valence-electron chi connectivity index (χ3n) is 3.61. The number of carboxylic acid groups (broad SMARTS) is 2. The molecule has 10 heteroatoms. The van der Waals surface area contributed by atoms with E-state index in [0.717, 1.165) is 0 Å². The fourth-order valence-electron chi connectivity index (χ4n) is 1.81. The van der Waals surface area contributed by atoms with Crippen molar-refractivity contribution in [3.8, 4) is 0 Å². The first-order valence-corrected chi connectivity index (χ1v) is 7.50. The fraction of sp³-hybridized carbons (Fsp3) is 0.714. The van der Waals surface area contributed by atoms with E-state index in [1.165, 1.54) is 6.92 Å². The zero-order chi connectivity index (χ0) is 19.0. The summed E-state index contributed by atoms with van der Waals surface area (Å²) in [5, 5.41) is 31.5. The fourth-order valence-corrected chi connectivity index (χ4v) is 1.81. The molecular formula is C14H25N3O7. The Labute approximate surface area is 139 Å². The van der Waals surface area contributed by atoms with Crippen LogP contribution in [0, 0.1) is 5.92 Å². The Morgan fingerprint density at radius 2 is 1.58 bits per heavy atom. The SMILES string of the molecule is CC[C@H](C)[C@H](NC(=O)[C@@H](N)[C@@H](C)O)C(=O)N[C@@H](CC(=O)O)C(=O)O. The van der Waals surface area contributed by atoms with Crippen LogP contribution in [-0.2, 0) is 19.2 Å². The average molecular weight is 347 g/mol. The van der Waals surface area contributed by atoms with Gasteiger partial charge in [-0.1, -0.05) is 20.3 Å². The van der Waals surface area contributed by atoms with Crippen LogP contribution in [0.1, 0.15) is 33.6 Å². The van der Waals surface area contributed by atoms with Gasteiger partial charge >= 0.3 is 11.9 Å². The van der Waals surface area contributed by atoms with E-state index in [9.17, 15) is 24.3 Å². The Bertz CT molecular complexity index is 481. The maximum atomic E-state index is 12.3. The maximum absolute atomic E-state index is 12.3. The Morgan fingerprint density at radius 3 is 1.96 bits per heavy atom. The Hall–Kier alpha value is -2.20. The number of rotatable bonds is 10. The first kappa shape index (κ1) is 21.8. The van der Waals surface area contributed by atoms with Gasteiger partial charge < -0.3 is 31.7 Å². The van der Waals surface area contributed by atoms with E-state index in [-0.39, 0.29) is 5.92 Å². The van der Waals surface area contributed by atoms with Gasteiger partial charge in [-0.05, 0) is 12.8 Å². The van der Waals surface area contributed by atoms with Crippen molar-refractivity contribution in [1.29, 1.82) is 0 Å². The monoisotopic (exact) mass is 347 g/mol. The van der Waals surface area contributed by atoms with Gasteiger partial charge in [0.25, 0.3) is 0 Å². The number of carboxylic acids is 2. The molecule has 0 saturated carbocycles. The van der Waals surface area contributed by atoms with Crippen LogP contribution in [0.2, 0.25) is 0 Å². The molecule has 0 aromatic heterocycles. The Morgan fingerprint density at radius 1 is 1.04 bits per heavy atom. The van der Waals surface area contributed by atoms with Crippen molar-refractivity contribution in [1.82, 2.24) is 10.6 Å². The average Bonchev–Trinajstić information content (AvgIpc) is 2.49. The molecule has 0 aliphatic heterocycles. The lowest BCUT2D eigenvalue weighted by molar-refractivity contribution is -0.147. The quantitative estimate of drug-likeness (QED) is 0.270. The van der Waals surface area contributed by atoms with Gasteiger partial charge in [-0.15, -0.1) is 0 Å². The van der Waals surface area contributed by atoms with Crippen LogP contribution in [0.4, 0.5) is 0 Å². The molecule has 0 fully saturated rings. The molecule has 24 heavy (non-hydrogen) atoms. The van der Waals surface area contributed by atoms with E-state index in [2.05, 4.69) is 10.6 Å². The number of nitrogens with one attached hydrogen (secondary N) is 2. The minimum absolute atomic E-state index is 0.366. The number of aliphatic carboxylic acids is 2. The highest BCUT2D eigenvalue weighted by Crippen LogP contribution is 2.09. The first-order chi connectivity index (χ1) is 11.0. The Kier molecular flexibility index (Phi) is 8.93. The molecule has 0 aromatic carbocycles. The minimum Gasteiger partial charge on any atom is -0.481 e. The van der Waals surface area contributed by atoms with Crippen molar-refractivity contribution in [2.45, 2.75) is 57.8 Å². The predicted octanol–water partition coefficient (Wildman–Crippen LogP) is -1.73. The minimum atomic E-state index is -1.62. The zero-order valence-corrected chi connectivity index (χ0v) is 13.9. The van der Waals surface area contributed by atoms with E-state index in [1.54, 1.807) is 13.8 Å². The van der Waals surface area contributed by atoms with Crippen molar-refractivity contribution >= 4 is 23.8 Å². The lowest BCUT2D eigenvalue weighted by Gasteiger charge is -2.26. The molecule has 2 amide bonds. The molecule has 10 nitrogen and oxygen atoms in total. The molecule has 7 N–H and O–H groups in total. The van der Waals surface area contributed by atoms with Gasteiger partial charge in [0, 0.05) is 0 Å². The summed E-state index contributed by atoms with van der Waals surface area (Å²) in [5.74, 6) is -4.85. The van der Waals surface area contributed by atoms with Crippen LogP contribution in [0.5, 0.6) is 0 Å². The molecule has 0 saturated heterocycles. The largest absolute Gasteiger partial charge is 0.481 e. The molecule has 0 spiro atoms. The van der Waals surface area contributed by atoms with Crippen LogP contribution >= 0.6 is 0 Å². The topological polar surface area (TPSA) is 179 Å². The number of nitrogens with two attached hydrogens (primary N) is 1. The van der Waals surface area contributed by atoms with Gasteiger partial charge in [-0.2, -0.15) is 0 Å². The number of carbonyl (C=O) groups excluding carboxylic acids is 2. The van der Waals surface area contributed by atoms with Gasteiger partial charge in [0.15, 0.2) is 0 Å². The van der Waals surface area contributed by atoms with Gasteiger partial charge in [0.1, 0.15) is 18.1 Å². The third kappa shape index (κ3) is 6.92. The third-order valence-corrected chi connectivity index (χ3v) is 3.61. The molecule has 0 rings (SSSR count).